The lowest BCUT2D eigenvalue weighted by Gasteiger charge is -2.29. The van der Waals surface area contributed by atoms with E-state index in [0.29, 0.717) is 30.4 Å². The molecule has 6 rings (SSSR count). The number of nitrogens with zero attached hydrogens (tertiary/aromatic N) is 2. The largest absolute Gasteiger partial charge is 0.490 e. The molecule has 2 aliphatic heterocycles. The summed E-state index contributed by atoms with van der Waals surface area (Å²) in [7, 11) is 0. The first-order valence-electron chi connectivity index (χ1n) is 13.9. The number of hydroxylamine groups is 1. The number of rotatable bonds is 9. The maximum Gasteiger partial charge on any atom is 0.266 e. The van der Waals surface area contributed by atoms with Crippen LogP contribution in [0.3, 0.4) is 0 Å². The SMILES string of the molecule is CCCCOc1ccc([C@@H]2[C@H]3C(=O)N(c4ccc5ccccc5c4)C(=O)[C@H]3ON2c2ccccc2)cc1OCC. The Hall–Kier alpha value is -4.36. The van der Waals surface area contributed by atoms with Gasteiger partial charge >= 0.3 is 0 Å². The first kappa shape index (κ1) is 25.9. The van der Waals surface area contributed by atoms with E-state index in [9.17, 15) is 9.59 Å². The van der Waals surface area contributed by atoms with Gasteiger partial charge in [-0.05, 0) is 66.1 Å². The van der Waals surface area contributed by atoms with Gasteiger partial charge in [0, 0.05) is 0 Å². The summed E-state index contributed by atoms with van der Waals surface area (Å²) in [5.41, 5.74) is 2.12. The fraction of sp³-hybridized carbons (Fsp3) is 0.273. The summed E-state index contributed by atoms with van der Waals surface area (Å²) in [6.45, 7) is 5.10. The normalized spacial score (nSPS) is 20.3. The van der Waals surface area contributed by atoms with Crippen molar-refractivity contribution in [3.05, 3.63) is 96.6 Å². The Morgan fingerprint density at radius 1 is 0.750 bits per heavy atom. The molecule has 0 aromatic heterocycles. The van der Waals surface area contributed by atoms with Crippen molar-refractivity contribution in [2.75, 3.05) is 23.2 Å². The van der Waals surface area contributed by atoms with Crippen LogP contribution >= 0.6 is 0 Å². The van der Waals surface area contributed by atoms with Crippen molar-refractivity contribution < 1.29 is 23.9 Å². The van der Waals surface area contributed by atoms with Gasteiger partial charge in [-0.2, -0.15) is 0 Å². The number of benzene rings is 4. The Balaban J connectivity index is 1.40. The maximum atomic E-state index is 14.1. The van der Waals surface area contributed by atoms with Gasteiger partial charge in [0.2, 0.25) is 5.91 Å². The molecule has 0 aliphatic carbocycles. The van der Waals surface area contributed by atoms with Crippen molar-refractivity contribution in [1.29, 1.82) is 0 Å². The van der Waals surface area contributed by atoms with E-state index in [1.54, 1.807) is 5.06 Å². The highest BCUT2D eigenvalue weighted by molar-refractivity contribution is 6.24. The summed E-state index contributed by atoms with van der Waals surface area (Å²) >= 11 is 0. The highest BCUT2D eigenvalue weighted by Gasteiger charge is 2.60. The lowest BCUT2D eigenvalue weighted by atomic mass is 9.90. The highest BCUT2D eigenvalue weighted by atomic mass is 16.7. The first-order chi connectivity index (χ1) is 19.6. The molecule has 2 amide bonds. The summed E-state index contributed by atoms with van der Waals surface area (Å²) in [5, 5.41) is 3.70. The number of para-hydroxylation sites is 1. The number of anilines is 2. The molecule has 7 heteroatoms. The van der Waals surface area contributed by atoms with Crippen LogP contribution in [0.2, 0.25) is 0 Å². The fourth-order valence-electron chi connectivity index (χ4n) is 5.55. The molecule has 7 nitrogen and oxygen atoms in total. The molecule has 0 radical (unpaired) electrons. The molecule has 0 saturated carbocycles. The molecule has 2 fully saturated rings. The summed E-state index contributed by atoms with van der Waals surface area (Å²) in [4.78, 5) is 35.5. The Morgan fingerprint density at radius 3 is 2.30 bits per heavy atom. The summed E-state index contributed by atoms with van der Waals surface area (Å²) in [6.07, 6.45) is 1.02. The molecule has 0 N–H and O–H groups in total. The topological polar surface area (TPSA) is 68.3 Å². The average molecular weight is 537 g/mol. The van der Waals surface area contributed by atoms with E-state index in [1.165, 1.54) is 4.90 Å². The number of imide groups is 1. The molecule has 0 spiro atoms. The minimum atomic E-state index is -0.944. The van der Waals surface area contributed by atoms with Crippen LogP contribution in [0.5, 0.6) is 11.5 Å². The van der Waals surface area contributed by atoms with Crippen molar-refractivity contribution >= 4 is 34.0 Å². The van der Waals surface area contributed by atoms with Crippen LogP contribution < -0.4 is 19.4 Å². The van der Waals surface area contributed by atoms with Crippen LogP contribution in [0, 0.1) is 5.92 Å². The molecule has 2 aliphatic rings. The Labute approximate surface area is 233 Å². The van der Waals surface area contributed by atoms with E-state index in [0.717, 1.165) is 34.9 Å². The first-order valence-corrected chi connectivity index (χ1v) is 13.9. The predicted molar refractivity (Wildman–Crippen MR) is 154 cm³/mol. The number of amides is 2. The van der Waals surface area contributed by atoms with Crippen LogP contribution in [0.1, 0.15) is 38.3 Å². The number of fused-ring (bicyclic) bond motifs is 2. The van der Waals surface area contributed by atoms with E-state index >= 15 is 0 Å². The average Bonchev–Trinajstić information content (AvgIpc) is 3.49. The van der Waals surface area contributed by atoms with Gasteiger partial charge in [-0.15, -0.1) is 0 Å². The molecule has 3 atom stereocenters. The minimum absolute atomic E-state index is 0.282. The van der Waals surface area contributed by atoms with E-state index < -0.39 is 18.1 Å². The van der Waals surface area contributed by atoms with Crippen LogP contribution in [-0.4, -0.2) is 31.1 Å². The highest BCUT2D eigenvalue weighted by Crippen LogP contribution is 2.49. The van der Waals surface area contributed by atoms with Crippen molar-refractivity contribution in [1.82, 2.24) is 0 Å². The molecule has 204 valence electrons. The van der Waals surface area contributed by atoms with Gasteiger partial charge in [0.25, 0.3) is 5.91 Å². The fourth-order valence-corrected chi connectivity index (χ4v) is 5.55. The Kier molecular flexibility index (Phi) is 7.13. The van der Waals surface area contributed by atoms with E-state index in [1.807, 2.05) is 97.9 Å². The van der Waals surface area contributed by atoms with E-state index in [4.69, 9.17) is 14.3 Å². The second-order valence-electron chi connectivity index (χ2n) is 10.0. The van der Waals surface area contributed by atoms with Crippen LogP contribution in [0.15, 0.2) is 91.0 Å². The number of unbranched alkanes of at least 4 members (excludes halogenated alkanes) is 1. The predicted octanol–water partition coefficient (Wildman–Crippen LogP) is 6.47. The molecule has 2 heterocycles. The Bertz CT molecular complexity index is 1540. The van der Waals surface area contributed by atoms with Crippen LogP contribution in [0.25, 0.3) is 10.8 Å². The third-order valence-electron chi connectivity index (χ3n) is 7.48. The summed E-state index contributed by atoms with van der Waals surface area (Å²) < 4.78 is 11.9. The van der Waals surface area contributed by atoms with Crippen molar-refractivity contribution in [2.45, 2.75) is 38.8 Å². The van der Waals surface area contributed by atoms with Crippen LogP contribution in [0.4, 0.5) is 11.4 Å². The minimum Gasteiger partial charge on any atom is -0.490 e. The number of hydrogen-bond acceptors (Lipinski definition) is 6. The molecule has 4 aromatic carbocycles. The maximum absolute atomic E-state index is 14.1. The molecule has 2 saturated heterocycles. The smallest absolute Gasteiger partial charge is 0.266 e. The van der Waals surface area contributed by atoms with Gasteiger partial charge in [-0.3, -0.25) is 14.4 Å². The van der Waals surface area contributed by atoms with E-state index in [-0.39, 0.29) is 11.8 Å². The monoisotopic (exact) mass is 536 g/mol. The van der Waals surface area contributed by atoms with Crippen molar-refractivity contribution in [2.24, 2.45) is 5.92 Å². The molecule has 0 unspecified atom stereocenters. The van der Waals surface area contributed by atoms with Crippen molar-refractivity contribution in [3.8, 4) is 11.5 Å². The third kappa shape index (κ3) is 4.56. The number of ether oxygens (including phenoxy) is 2. The van der Waals surface area contributed by atoms with Gasteiger partial charge in [-0.1, -0.05) is 67.9 Å². The second-order valence-corrected chi connectivity index (χ2v) is 10.0. The van der Waals surface area contributed by atoms with Gasteiger partial charge in [-0.25, -0.2) is 9.96 Å². The molecule has 40 heavy (non-hydrogen) atoms. The van der Waals surface area contributed by atoms with Gasteiger partial charge in [0.15, 0.2) is 17.6 Å². The van der Waals surface area contributed by atoms with Crippen molar-refractivity contribution in [3.63, 3.8) is 0 Å². The Morgan fingerprint density at radius 2 is 1.52 bits per heavy atom. The number of carbonyl (C=O) groups is 2. The second kappa shape index (κ2) is 11.0. The quantitative estimate of drug-likeness (QED) is 0.180. The van der Waals surface area contributed by atoms with E-state index in [2.05, 4.69) is 6.92 Å². The third-order valence-corrected chi connectivity index (χ3v) is 7.48. The molecular formula is C33H32N2O5. The lowest BCUT2D eigenvalue weighted by molar-refractivity contribution is -0.126. The van der Waals surface area contributed by atoms with Gasteiger partial charge in [0.05, 0.1) is 30.6 Å². The summed E-state index contributed by atoms with van der Waals surface area (Å²) in [5.74, 6) is -0.114. The number of hydrogen-bond donors (Lipinski definition) is 0. The standard InChI is InChI=1S/C33H32N2O5/c1-3-5-19-39-27-18-16-24(21-28(27)38-4-2)30-29-31(40-35(30)25-13-7-6-8-14-25)33(37)34(32(29)36)26-17-15-22-11-9-10-12-23(22)20-26/h6-18,20-21,29-31H,3-5,19H2,1-2H3/t29-,30-,31+/m1/s1. The van der Waals surface area contributed by atoms with Gasteiger partial charge < -0.3 is 9.47 Å². The zero-order valence-corrected chi connectivity index (χ0v) is 22.7. The molecule has 0 bridgehead atoms. The molecule has 4 aromatic rings. The number of carbonyl (C=O) groups excluding carboxylic acids is 2. The zero-order valence-electron chi connectivity index (χ0n) is 22.7. The van der Waals surface area contributed by atoms with Crippen LogP contribution in [-0.2, 0) is 14.4 Å². The lowest BCUT2D eigenvalue weighted by Crippen LogP contribution is -2.37. The van der Waals surface area contributed by atoms with Gasteiger partial charge in [0.1, 0.15) is 5.92 Å². The zero-order chi connectivity index (χ0) is 27.6. The summed E-state index contributed by atoms with van der Waals surface area (Å²) in [6, 6.07) is 28.3. The molecular weight excluding hydrogens is 504 g/mol.